The average molecular weight is 401 g/mol. The molecule has 0 saturated carbocycles. The van der Waals surface area contributed by atoms with Gasteiger partial charge >= 0.3 is 12.0 Å². The molecule has 144 valence electrons. The number of imide groups is 1. The Morgan fingerprint density at radius 1 is 1.14 bits per heavy atom. The highest BCUT2D eigenvalue weighted by molar-refractivity contribution is 6.30. The van der Waals surface area contributed by atoms with Crippen LogP contribution in [0.5, 0.6) is 5.75 Å². The normalized spacial score (nSPS) is 14.9. The van der Waals surface area contributed by atoms with Crippen molar-refractivity contribution in [3.63, 3.8) is 0 Å². The molecule has 1 heterocycles. The maximum atomic E-state index is 12.4. The van der Waals surface area contributed by atoms with Gasteiger partial charge in [-0.3, -0.25) is 9.59 Å². The Morgan fingerprint density at radius 2 is 1.86 bits per heavy atom. The van der Waals surface area contributed by atoms with E-state index < -0.39 is 24.5 Å². The Labute approximate surface area is 166 Å². The van der Waals surface area contributed by atoms with Gasteiger partial charge in [0.15, 0.2) is 0 Å². The number of urea groups is 1. The lowest BCUT2D eigenvalue weighted by atomic mass is 10.1. The molecule has 0 spiro atoms. The van der Waals surface area contributed by atoms with Gasteiger partial charge in [-0.1, -0.05) is 41.9 Å². The van der Waals surface area contributed by atoms with Crippen molar-refractivity contribution < 1.29 is 23.9 Å². The SMILES string of the molecule is COC(=O)CN1C(=O)NC(=Cc2ccccc2OCc2ccc(Cl)cc2)C1=O. The zero-order chi connectivity index (χ0) is 20.1. The first-order valence-corrected chi connectivity index (χ1v) is 8.73. The number of nitrogens with one attached hydrogen (secondary N) is 1. The van der Waals surface area contributed by atoms with E-state index in [1.54, 1.807) is 36.4 Å². The summed E-state index contributed by atoms with van der Waals surface area (Å²) in [6.07, 6.45) is 1.51. The number of rotatable bonds is 6. The molecule has 1 aliphatic rings. The van der Waals surface area contributed by atoms with Crippen LogP contribution in [0.3, 0.4) is 0 Å². The second-order valence-corrected chi connectivity index (χ2v) is 6.34. The molecule has 2 aromatic rings. The molecule has 3 amide bonds. The highest BCUT2D eigenvalue weighted by atomic mass is 35.5. The summed E-state index contributed by atoms with van der Waals surface area (Å²) in [5.74, 6) is -0.752. The van der Waals surface area contributed by atoms with Crippen LogP contribution in [0.4, 0.5) is 4.79 Å². The summed E-state index contributed by atoms with van der Waals surface area (Å²) >= 11 is 5.88. The summed E-state index contributed by atoms with van der Waals surface area (Å²) in [4.78, 5) is 36.5. The molecule has 1 N–H and O–H groups in total. The van der Waals surface area contributed by atoms with Crippen LogP contribution in [-0.4, -0.2) is 36.5 Å². The largest absolute Gasteiger partial charge is 0.488 e. The molecule has 1 fully saturated rings. The minimum atomic E-state index is -0.684. The quantitative estimate of drug-likeness (QED) is 0.457. The van der Waals surface area contributed by atoms with Crippen LogP contribution in [0.15, 0.2) is 54.2 Å². The molecule has 0 aromatic heterocycles. The number of amides is 3. The second-order valence-electron chi connectivity index (χ2n) is 5.91. The van der Waals surface area contributed by atoms with Crippen molar-refractivity contribution in [2.45, 2.75) is 6.61 Å². The molecule has 0 unspecified atom stereocenters. The van der Waals surface area contributed by atoms with Crippen molar-refractivity contribution in [1.82, 2.24) is 10.2 Å². The van der Waals surface area contributed by atoms with Crippen molar-refractivity contribution in [1.29, 1.82) is 0 Å². The van der Waals surface area contributed by atoms with E-state index in [-0.39, 0.29) is 5.70 Å². The van der Waals surface area contributed by atoms with E-state index in [9.17, 15) is 14.4 Å². The predicted molar refractivity (Wildman–Crippen MR) is 102 cm³/mol. The third-order valence-electron chi connectivity index (χ3n) is 4.00. The lowest BCUT2D eigenvalue weighted by Gasteiger charge is -2.10. The number of halogens is 1. The smallest absolute Gasteiger partial charge is 0.329 e. The third-order valence-corrected chi connectivity index (χ3v) is 4.26. The van der Waals surface area contributed by atoms with Crippen LogP contribution in [0.1, 0.15) is 11.1 Å². The lowest BCUT2D eigenvalue weighted by molar-refractivity contribution is -0.143. The van der Waals surface area contributed by atoms with E-state index in [0.717, 1.165) is 10.5 Å². The molecular formula is C20H17ClN2O5. The van der Waals surface area contributed by atoms with Gasteiger partial charge in [-0.25, -0.2) is 9.69 Å². The Balaban J connectivity index is 1.77. The molecule has 3 rings (SSSR count). The Bertz CT molecular complexity index is 940. The number of hydrogen-bond acceptors (Lipinski definition) is 5. The summed E-state index contributed by atoms with van der Waals surface area (Å²) < 4.78 is 10.3. The highest BCUT2D eigenvalue weighted by Gasteiger charge is 2.35. The number of para-hydroxylation sites is 1. The van der Waals surface area contributed by atoms with E-state index in [2.05, 4.69) is 10.1 Å². The topological polar surface area (TPSA) is 84.9 Å². The standard InChI is InChI=1S/C20H17ClN2O5/c1-27-18(24)11-23-19(25)16(22-20(23)26)10-14-4-2-3-5-17(14)28-12-13-6-8-15(21)9-7-13/h2-10H,11-12H2,1H3,(H,22,26). The first-order chi connectivity index (χ1) is 13.5. The molecule has 8 heteroatoms. The number of hydrogen-bond donors (Lipinski definition) is 1. The lowest BCUT2D eigenvalue weighted by Crippen LogP contribution is -2.36. The van der Waals surface area contributed by atoms with Crippen LogP contribution < -0.4 is 10.1 Å². The van der Waals surface area contributed by atoms with Crippen LogP contribution >= 0.6 is 11.6 Å². The number of carbonyl (C=O) groups excluding carboxylic acids is 3. The van der Waals surface area contributed by atoms with Gasteiger partial charge in [0, 0.05) is 10.6 Å². The zero-order valence-corrected chi connectivity index (χ0v) is 15.7. The molecule has 7 nitrogen and oxygen atoms in total. The number of methoxy groups -OCH3 is 1. The third kappa shape index (κ3) is 4.50. The fourth-order valence-electron chi connectivity index (χ4n) is 2.54. The van der Waals surface area contributed by atoms with E-state index in [1.165, 1.54) is 13.2 Å². The van der Waals surface area contributed by atoms with Gasteiger partial charge in [-0.05, 0) is 29.8 Å². The maximum absolute atomic E-state index is 12.4. The summed E-state index contributed by atoms with van der Waals surface area (Å²) in [7, 11) is 1.19. The molecule has 0 aliphatic carbocycles. The summed E-state index contributed by atoms with van der Waals surface area (Å²) in [6.45, 7) is -0.140. The van der Waals surface area contributed by atoms with Gasteiger partial charge in [0.25, 0.3) is 5.91 Å². The molecule has 2 aromatic carbocycles. The minimum absolute atomic E-state index is 0.0523. The second kappa shape index (κ2) is 8.58. The van der Waals surface area contributed by atoms with Crippen molar-refractivity contribution in [2.24, 2.45) is 0 Å². The van der Waals surface area contributed by atoms with E-state index in [4.69, 9.17) is 16.3 Å². The average Bonchev–Trinajstić information content (AvgIpc) is 2.95. The van der Waals surface area contributed by atoms with E-state index >= 15 is 0 Å². The minimum Gasteiger partial charge on any atom is -0.488 e. The summed E-state index contributed by atoms with van der Waals surface area (Å²) in [5, 5.41) is 3.10. The van der Waals surface area contributed by atoms with Crippen molar-refractivity contribution in [2.75, 3.05) is 13.7 Å². The van der Waals surface area contributed by atoms with Gasteiger partial charge in [-0.2, -0.15) is 0 Å². The van der Waals surface area contributed by atoms with Crippen molar-refractivity contribution in [3.8, 4) is 5.75 Å². The predicted octanol–water partition coefficient (Wildman–Crippen LogP) is 2.98. The molecule has 1 aliphatic heterocycles. The van der Waals surface area contributed by atoms with Crippen LogP contribution in [0, 0.1) is 0 Å². The van der Waals surface area contributed by atoms with Gasteiger partial charge in [0.1, 0.15) is 24.6 Å². The number of ether oxygens (including phenoxy) is 2. The van der Waals surface area contributed by atoms with Crippen LogP contribution in [-0.2, 0) is 20.9 Å². The zero-order valence-electron chi connectivity index (χ0n) is 15.0. The van der Waals surface area contributed by atoms with Gasteiger partial charge in [-0.15, -0.1) is 0 Å². The number of carbonyl (C=O) groups is 3. The highest BCUT2D eigenvalue weighted by Crippen LogP contribution is 2.24. The Hall–Kier alpha value is -3.32. The molecule has 1 saturated heterocycles. The summed E-state index contributed by atoms with van der Waals surface area (Å²) in [5.41, 5.74) is 1.60. The fourth-order valence-corrected chi connectivity index (χ4v) is 2.66. The maximum Gasteiger partial charge on any atom is 0.329 e. The van der Waals surface area contributed by atoms with Gasteiger partial charge in [0.05, 0.1) is 7.11 Å². The number of esters is 1. The van der Waals surface area contributed by atoms with Crippen LogP contribution in [0.25, 0.3) is 6.08 Å². The monoisotopic (exact) mass is 400 g/mol. The first kappa shape index (κ1) is 19.4. The molecule has 28 heavy (non-hydrogen) atoms. The van der Waals surface area contributed by atoms with Gasteiger partial charge in [0.2, 0.25) is 0 Å². The van der Waals surface area contributed by atoms with Crippen molar-refractivity contribution in [3.05, 3.63) is 70.4 Å². The molecule has 0 bridgehead atoms. The number of benzene rings is 2. The Morgan fingerprint density at radius 3 is 2.57 bits per heavy atom. The van der Waals surface area contributed by atoms with Crippen molar-refractivity contribution >= 4 is 35.6 Å². The molecule has 0 radical (unpaired) electrons. The van der Waals surface area contributed by atoms with E-state index in [0.29, 0.717) is 22.9 Å². The molecule has 0 atom stereocenters. The summed E-state index contributed by atoms with van der Waals surface area (Å²) in [6, 6.07) is 13.7. The first-order valence-electron chi connectivity index (χ1n) is 8.35. The number of nitrogens with zero attached hydrogens (tertiary/aromatic N) is 1. The van der Waals surface area contributed by atoms with E-state index in [1.807, 2.05) is 12.1 Å². The van der Waals surface area contributed by atoms with Gasteiger partial charge < -0.3 is 14.8 Å². The van der Waals surface area contributed by atoms with Crippen LogP contribution in [0.2, 0.25) is 5.02 Å². The Kier molecular flexibility index (Phi) is 5.96. The fraction of sp³-hybridized carbons (Fsp3) is 0.150. The molecular weight excluding hydrogens is 384 g/mol.